The zero-order valence-corrected chi connectivity index (χ0v) is 10.7. The van der Waals surface area contributed by atoms with Crippen molar-refractivity contribution in [3.8, 4) is 5.75 Å². The first-order chi connectivity index (χ1) is 7.71. The molecule has 0 fully saturated rings. The van der Waals surface area contributed by atoms with Crippen LogP contribution in [0.25, 0.3) is 0 Å². The minimum absolute atomic E-state index is 0.0475. The highest BCUT2D eigenvalue weighted by Crippen LogP contribution is 2.29. The van der Waals surface area contributed by atoms with E-state index in [1.54, 1.807) is 0 Å². The normalized spacial score (nSPS) is 11.2. The molecule has 0 radical (unpaired) electrons. The molecule has 9 heteroatoms. The number of nitrogens with two attached hydrogens (primary N) is 2. The van der Waals surface area contributed by atoms with E-state index < -0.39 is 33.3 Å². The van der Waals surface area contributed by atoms with Crippen molar-refractivity contribution < 1.29 is 22.3 Å². The summed E-state index contributed by atoms with van der Waals surface area (Å²) in [5.41, 5.74) is 4.84. The number of carbonyl (C=O) groups is 1. The molecule has 1 aromatic carbocycles. The second kappa shape index (κ2) is 4.98. The molecule has 0 spiro atoms. The molecule has 6 nitrogen and oxygen atoms in total. The highest BCUT2D eigenvalue weighted by atomic mass is 79.9. The Balaban J connectivity index is 3.14. The van der Waals surface area contributed by atoms with Gasteiger partial charge in [0.05, 0.1) is 4.47 Å². The standard InChI is InChI=1S/C8H8BrFN2O4S/c9-4-1-7(17(12,14)15)5(10)2-6(4)16-3-8(11)13/h1-2H,3H2,(H2,11,13)(H2,12,14,15). The van der Waals surface area contributed by atoms with Gasteiger partial charge in [0.25, 0.3) is 5.91 Å². The molecule has 0 atom stereocenters. The van der Waals surface area contributed by atoms with Gasteiger partial charge in [0, 0.05) is 6.07 Å². The van der Waals surface area contributed by atoms with Gasteiger partial charge in [0.15, 0.2) is 6.61 Å². The lowest BCUT2D eigenvalue weighted by Gasteiger charge is -2.08. The summed E-state index contributed by atoms with van der Waals surface area (Å²) in [7, 11) is -4.16. The molecule has 0 aliphatic heterocycles. The first-order valence-electron chi connectivity index (χ1n) is 4.14. The van der Waals surface area contributed by atoms with Crippen LogP contribution in [-0.4, -0.2) is 20.9 Å². The second-order valence-corrected chi connectivity index (χ2v) is 5.40. The van der Waals surface area contributed by atoms with Gasteiger partial charge >= 0.3 is 0 Å². The van der Waals surface area contributed by atoms with Crippen molar-refractivity contribution in [3.63, 3.8) is 0 Å². The van der Waals surface area contributed by atoms with Crippen LogP contribution in [0.4, 0.5) is 4.39 Å². The van der Waals surface area contributed by atoms with Crippen LogP contribution >= 0.6 is 15.9 Å². The van der Waals surface area contributed by atoms with E-state index in [2.05, 4.69) is 15.9 Å². The molecular formula is C8H8BrFN2O4S. The van der Waals surface area contributed by atoms with E-state index in [1.165, 1.54) is 0 Å². The first kappa shape index (κ1) is 13.9. The van der Waals surface area contributed by atoms with E-state index in [9.17, 15) is 17.6 Å². The highest BCUT2D eigenvalue weighted by Gasteiger charge is 2.18. The minimum atomic E-state index is -4.16. The highest BCUT2D eigenvalue weighted by molar-refractivity contribution is 9.10. The van der Waals surface area contributed by atoms with Crippen LogP contribution in [0.3, 0.4) is 0 Å². The molecule has 0 unspecified atom stereocenters. The number of hydrogen-bond donors (Lipinski definition) is 2. The first-order valence-corrected chi connectivity index (χ1v) is 6.48. The molecule has 0 bridgehead atoms. The summed E-state index contributed by atoms with van der Waals surface area (Å²) in [5.74, 6) is -1.86. The Kier molecular flexibility index (Phi) is 4.07. The Hall–Kier alpha value is -1.19. The number of rotatable bonds is 4. The molecule has 17 heavy (non-hydrogen) atoms. The van der Waals surface area contributed by atoms with Gasteiger partial charge in [0.1, 0.15) is 16.5 Å². The lowest BCUT2D eigenvalue weighted by molar-refractivity contribution is -0.119. The van der Waals surface area contributed by atoms with E-state index in [0.717, 1.165) is 12.1 Å². The predicted octanol–water partition coefficient (Wildman–Crippen LogP) is 0.0997. The zero-order chi connectivity index (χ0) is 13.2. The maximum absolute atomic E-state index is 13.4. The fourth-order valence-corrected chi connectivity index (χ4v) is 2.21. The number of primary amides is 1. The molecule has 0 saturated carbocycles. The lowest BCUT2D eigenvalue weighted by Crippen LogP contribution is -2.20. The Bertz CT molecular complexity index is 561. The molecule has 1 amide bonds. The maximum Gasteiger partial charge on any atom is 0.255 e. The molecule has 4 N–H and O–H groups in total. The number of amides is 1. The number of carbonyl (C=O) groups excluding carboxylic acids is 1. The molecule has 0 saturated heterocycles. The summed E-state index contributed by atoms with van der Waals surface area (Å²) in [4.78, 5) is 9.80. The topological polar surface area (TPSA) is 112 Å². The molecule has 1 aromatic rings. The summed E-state index contributed by atoms with van der Waals surface area (Å²) in [6, 6.07) is 1.74. The van der Waals surface area contributed by atoms with Crippen LogP contribution in [0.1, 0.15) is 0 Å². The van der Waals surface area contributed by atoms with Crippen LogP contribution in [0.5, 0.6) is 5.75 Å². The molecular weight excluding hydrogens is 319 g/mol. The molecule has 1 rings (SSSR count). The third-order valence-electron chi connectivity index (χ3n) is 1.66. The van der Waals surface area contributed by atoms with Crippen LogP contribution in [0.15, 0.2) is 21.5 Å². The van der Waals surface area contributed by atoms with E-state index >= 15 is 0 Å². The summed E-state index contributed by atoms with van der Waals surface area (Å²) >= 11 is 2.96. The molecule has 0 aliphatic rings. The van der Waals surface area contributed by atoms with E-state index in [4.69, 9.17) is 15.6 Å². The number of benzene rings is 1. The van der Waals surface area contributed by atoms with Gasteiger partial charge in [-0.25, -0.2) is 17.9 Å². The zero-order valence-electron chi connectivity index (χ0n) is 8.31. The second-order valence-electron chi connectivity index (χ2n) is 3.01. The Morgan fingerprint density at radius 3 is 2.53 bits per heavy atom. The summed E-state index contributed by atoms with van der Waals surface area (Å²) in [6.07, 6.45) is 0. The third-order valence-corrected chi connectivity index (χ3v) is 3.21. The predicted molar refractivity (Wildman–Crippen MR) is 60.2 cm³/mol. The van der Waals surface area contributed by atoms with Crippen molar-refractivity contribution in [2.45, 2.75) is 4.90 Å². The van der Waals surface area contributed by atoms with Crippen molar-refractivity contribution in [1.82, 2.24) is 0 Å². The SMILES string of the molecule is NC(=O)COc1cc(F)c(S(N)(=O)=O)cc1Br. The quantitative estimate of drug-likeness (QED) is 0.816. The van der Waals surface area contributed by atoms with Gasteiger partial charge in [-0.1, -0.05) is 0 Å². The van der Waals surface area contributed by atoms with Crippen molar-refractivity contribution in [2.75, 3.05) is 6.61 Å². The monoisotopic (exact) mass is 326 g/mol. The van der Waals surface area contributed by atoms with Crippen LogP contribution < -0.4 is 15.6 Å². The van der Waals surface area contributed by atoms with E-state index in [0.29, 0.717) is 0 Å². The van der Waals surface area contributed by atoms with Crippen LogP contribution in [0, 0.1) is 5.82 Å². The third kappa shape index (κ3) is 3.65. The number of sulfonamides is 1. The average molecular weight is 327 g/mol. The van der Waals surface area contributed by atoms with Crippen molar-refractivity contribution in [3.05, 3.63) is 22.4 Å². The van der Waals surface area contributed by atoms with E-state index in [-0.39, 0.29) is 10.2 Å². The lowest BCUT2D eigenvalue weighted by atomic mass is 10.3. The van der Waals surface area contributed by atoms with Gasteiger partial charge in [-0.15, -0.1) is 0 Å². The van der Waals surface area contributed by atoms with Crippen molar-refractivity contribution in [1.29, 1.82) is 0 Å². The minimum Gasteiger partial charge on any atom is -0.482 e. The summed E-state index contributed by atoms with van der Waals surface area (Å²) < 4.78 is 40.3. The number of primary sulfonamides is 1. The smallest absolute Gasteiger partial charge is 0.255 e. The van der Waals surface area contributed by atoms with Crippen LogP contribution in [-0.2, 0) is 14.8 Å². The Morgan fingerprint density at radius 1 is 1.47 bits per heavy atom. The Morgan fingerprint density at radius 2 is 2.06 bits per heavy atom. The fourth-order valence-electron chi connectivity index (χ4n) is 0.988. The molecule has 0 aliphatic carbocycles. The van der Waals surface area contributed by atoms with Gasteiger partial charge in [-0.05, 0) is 22.0 Å². The van der Waals surface area contributed by atoms with Gasteiger partial charge in [-0.2, -0.15) is 0 Å². The molecule has 0 aromatic heterocycles. The molecule has 0 heterocycles. The maximum atomic E-state index is 13.4. The van der Waals surface area contributed by atoms with Crippen molar-refractivity contribution in [2.24, 2.45) is 10.9 Å². The number of halogens is 2. The average Bonchev–Trinajstić information content (AvgIpc) is 2.17. The van der Waals surface area contributed by atoms with Gasteiger partial charge in [0.2, 0.25) is 10.0 Å². The summed E-state index contributed by atoms with van der Waals surface area (Å²) in [6.45, 7) is -0.452. The van der Waals surface area contributed by atoms with E-state index in [1.807, 2.05) is 0 Å². The number of ether oxygens (including phenoxy) is 1. The van der Waals surface area contributed by atoms with Crippen molar-refractivity contribution >= 4 is 31.9 Å². The number of hydrogen-bond acceptors (Lipinski definition) is 4. The fraction of sp³-hybridized carbons (Fsp3) is 0.125. The van der Waals surface area contributed by atoms with Gasteiger partial charge in [-0.3, -0.25) is 4.79 Å². The molecule has 94 valence electrons. The summed E-state index contributed by atoms with van der Waals surface area (Å²) in [5, 5.41) is 4.80. The Labute approximate surface area is 105 Å². The van der Waals surface area contributed by atoms with Gasteiger partial charge < -0.3 is 10.5 Å². The largest absolute Gasteiger partial charge is 0.482 e. The van der Waals surface area contributed by atoms with Crippen LogP contribution in [0.2, 0.25) is 0 Å².